The summed E-state index contributed by atoms with van der Waals surface area (Å²) >= 11 is 0. The van der Waals surface area contributed by atoms with Crippen molar-refractivity contribution in [1.29, 1.82) is 0 Å². The number of nitrogen functional groups attached to an aromatic ring is 1. The molecule has 3 aromatic rings. The second-order valence-corrected chi connectivity index (χ2v) is 4.29. The standard InChI is InChI=1S/C13H13N5O/c1-8-9(7-18(2)16-8)12-11(13(14)19-17-12)10-5-3-4-6-15-10/h3-7H,14H2,1-2H3. The Hall–Kier alpha value is -2.63. The molecule has 19 heavy (non-hydrogen) atoms. The maximum atomic E-state index is 5.87. The van der Waals surface area contributed by atoms with Gasteiger partial charge in [0.2, 0.25) is 5.88 Å². The molecule has 6 heteroatoms. The van der Waals surface area contributed by atoms with Gasteiger partial charge in [0.05, 0.1) is 17.0 Å². The number of hydrogen-bond donors (Lipinski definition) is 1. The van der Waals surface area contributed by atoms with Gasteiger partial charge < -0.3 is 10.3 Å². The molecule has 0 fully saturated rings. The van der Waals surface area contributed by atoms with Crippen LogP contribution in [0.15, 0.2) is 35.1 Å². The van der Waals surface area contributed by atoms with Crippen LogP contribution in [0, 0.1) is 6.92 Å². The predicted octanol–water partition coefficient (Wildman–Crippen LogP) is 2.03. The number of aryl methyl sites for hydroxylation is 2. The maximum Gasteiger partial charge on any atom is 0.232 e. The maximum absolute atomic E-state index is 5.87. The van der Waals surface area contributed by atoms with Crippen LogP contribution in [0.2, 0.25) is 0 Å². The van der Waals surface area contributed by atoms with Gasteiger partial charge >= 0.3 is 0 Å². The summed E-state index contributed by atoms with van der Waals surface area (Å²) in [4.78, 5) is 4.30. The fraction of sp³-hybridized carbons (Fsp3) is 0.154. The molecule has 2 N–H and O–H groups in total. The molecule has 0 aromatic carbocycles. The average Bonchev–Trinajstić information content (AvgIpc) is 2.93. The summed E-state index contributed by atoms with van der Waals surface area (Å²) < 4.78 is 6.85. The van der Waals surface area contributed by atoms with Crippen LogP contribution in [-0.4, -0.2) is 19.9 Å². The SMILES string of the molecule is Cc1nn(C)cc1-c1noc(N)c1-c1ccccn1. The van der Waals surface area contributed by atoms with E-state index in [9.17, 15) is 0 Å². The molecule has 0 saturated heterocycles. The quantitative estimate of drug-likeness (QED) is 0.757. The lowest BCUT2D eigenvalue weighted by Gasteiger charge is -2.00. The third kappa shape index (κ3) is 1.87. The van der Waals surface area contributed by atoms with Crippen LogP contribution in [0.1, 0.15) is 5.69 Å². The first kappa shape index (κ1) is 11.5. The lowest BCUT2D eigenvalue weighted by molar-refractivity contribution is 0.439. The van der Waals surface area contributed by atoms with Crippen molar-refractivity contribution in [1.82, 2.24) is 19.9 Å². The monoisotopic (exact) mass is 255 g/mol. The largest absolute Gasteiger partial charge is 0.367 e. The molecule has 0 aliphatic rings. The van der Waals surface area contributed by atoms with Gasteiger partial charge in [-0.1, -0.05) is 11.2 Å². The van der Waals surface area contributed by atoms with Gasteiger partial charge in [0.15, 0.2) is 0 Å². The number of pyridine rings is 1. The smallest absolute Gasteiger partial charge is 0.232 e. The van der Waals surface area contributed by atoms with Crippen molar-refractivity contribution in [2.45, 2.75) is 6.92 Å². The van der Waals surface area contributed by atoms with E-state index in [1.54, 1.807) is 10.9 Å². The van der Waals surface area contributed by atoms with Crippen LogP contribution in [0.3, 0.4) is 0 Å². The summed E-state index contributed by atoms with van der Waals surface area (Å²) in [6.45, 7) is 1.92. The zero-order chi connectivity index (χ0) is 13.4. The molecule has 96 valence electrons. The lowest BCUT2D eigenvalue weighted by Crippen LogP contribution is -1.90. The Balaban J connectivity index is 2.22. The predicted molar refractivity (Wildman–Crippen MR) is 71.1 cm³/mol. The number of aromatic nitrogens is 4. The van der Waals surface area contributed by atoms with Gasteiger partial charge in [-0.3, -0.25) is 9.67 Å². The molecule has 6 nitrogen and oxygen atoms in total. The van der Waals surface area contributed by atoms with Gasteiger partial charge in [0.1, 0.15) is 5.69 Å². The van der Waals surface area contributed by atoms with Crippen molar-refractivity contribution >= 4 is 5.88 Å². The van der Waals surface area contributed by atoms with Gasteiger partial charge in [-0.05, 0) is 19.1 Å². The number of nitrogens with two attached hydrogens (primary N) is 1. The minimum Gasteiger partial charge on any atom is -0.367 e. The summed E-state index contributed by atoms with van der Waals surface area (Å²) in [5.41, 5.74) is 9.74. The van der Waals surface area contributed by atoms with E-state index >= 15 is 0 Å². The second kappa shape index (κ2) is 4.24. The molecular weight excluding hydrogens is 242 g/mol. The van der Waals surface area contributed by atoms with E-state index in [1.807, 2.05) is 38.4 Å². The molecule has 0 bridgehead atoms. The molecule has 0 aliphatic heterocycles. The van der Waals surface area contributed by atoms with Crippen molar-refractivity contribution in [2.75, 3.05) is 5.73 Å². The van der Waals surface area contributed by atoms with Crippen LogP contribution >= 0.6 is 0 Å². The third-order valence-corrected chi connectivity index (χ3v) is 2.91. The molecule has 0 radical (unpaired) electrons. The summed E-state index contributed by atoms with van der Waals surface area (Å²) in [5, 5.41) is 8.35. The molecule has 0 spiro atoms. The van der Waals surface area contributed by atoms with E-state index in [0.717, 1.165) is 17.0 Å². The molecule has 0 atom stereocenters. The van der Waals surface area contributed by atoms with Crippen LogP contribution in [-0.2, 0) is 7.05 Å². The van der Waals surface area contributed by atoms with Crippen LogP contribution < -0.4 is 5.73 Å². The minimum absolute atomic E-state index is 0.261. The Morgan fingerprint density at radius 1 is 1.32 bits per heavy atom. The first-order chi connectivity index (χ1) is 9.16. The van der Waals surface area contributed by atoms with Crippen LogP contribution in [0.4, 0.5) is 5.88 Å². The topological polar surface area (TPSA) is 82.8 Å². The highest BCUT2D eigenvalue weighted by atomic mass is 16.5. The van der Waals surface area contributed by atoms with Crippen LogP contribution in [0.5, 0.6) is 0 Å². The highest BCUT2D eigenvalue weighted by molar-refractivity contribution is 5.85. The Kier molecular flexibility index (Phi) is 2.56. The summed E-state index contributed by atoms with van der Waals surface area (Å²) in [5.74, 6) is 0.261. The number of nitrogens with zero attached hydrogens (tertiary/aromatic N) is 4. The Morgan fingerprint density at radius 3 is 2.79 bits per heavy atom. The van der Waals surface area contributed by atoms with Gasteiger partial charge in [0, 0.05) is 25.0 Å². The van der Waals surface area contributed by atoms with Gasteiger partial charge in [-0.15, -0.1) is 0 Å². The van der Waals surface area contributed by atoms with E-state index in [0.29, 0.717) is 11.3 Å². The zero-order valence-corrected chi connectivity index (χ0v) is 10.7. The molecule has 0 aliphatic carbocycles. The van der Waals surface area contributed by atoms with E-state index < -0.39 is 0 Å². The number of anilines is 1. The Bertz CT molecular complexity index is 714. The summed E-state index contributed by atoms with van der Waals surface area (Å²) in [6, 6.07) is 5.62. The molecule has 3 rings (SSSR count). The van der Waals surface area contributed by atoms with E-state index in [-0.39, 0.29) is 5.88 Å². The van der Waals surface area contributed by atoms with Crippen LogP contribution in [0.25, 0.3) is 22.5 Å². The third-order valence-electron chi connectivity index (χ3n) is 2.91. The zero-order valence-electron chi connectivity index (χ0n) is 10.7. The van der Waals surface area contributed by atoms with Gasteiger partial charge in [-0.2, -0.15) is 5.10 Å². The second-order valence-electron chi connectivity index (χ2n) is 4.29. The molecule has 0 saturated carbocycles. The highest BCUT2D eigenvalue weighted by Crippen LogP contribution is 2.35. The highest BCUT2D eigenvalue weighted by Gasteiger charge is 2.21. The van der Waals surface area contributed by atoms with Gasteiger partial charge in [0.25, 0.3) is 0 Å². The normalized spacial score (nSPS) is 10.8. The Labute approximate surface area is 109 Å². The van der Waals surface area contributed by atoms with E-state index in [4.69, 9.17) is 10.3 Å². The van der Waals surface area contributed by atoms with Gasteiger partial charge in [-0.25, -0.2) is 0 Å². The summed E-state index contributed by atoms with van der Waals surface area (Å²) in [7, 11) is 1.86. The lowest BCUT2D eigenvalue weighted by atomic mass is 10.1. The number of rotatable bonds is 2. The first-order valence-electron chi connectivity index (χ1n) is 5.84. The van der Waals surface area contributed by atoms with Crippen molar-refractivity contribution in [2.24, 2.45) is 7.05 Å². The molecule has 3 heterocycles. The molecule has 3 aromatic heterocycles. The average molecular weight is 255 g/mol. The Morgan fingerprint density at radius 2 is 2.16 bits per heavy atom. The van der Waals surface area contributed by atoms with E-state index in [1.165, 1.54) is 0 Å². The van der Waals surface area contributed by atoms with Crippen molar-refractivity contribution in [3.63, 3.8) is 0 Å². The van der Waals surface area contributed by atoms with Crippen molar-refractivity contribution in [3.05, 3.63) is 36.3 Å². The summed E-state index contributed by atoms with van der Waals surface area (Å²) in [6.07, 6.45) is 3.60. The van der Waals surface area contributed by atoms with Crippen molar-refractivity contribution < 1.29 is 4.52 Å². The number of hydrogen-bond acceptors (Lipinski definition) is 5. The molecule has 0 unspecified atom stereocenters. The van der Waals surface area contributed by atoms with Crippen molar-refractivity contribution in [3.8, 4) is 22.5 Å². The van der Waals surface area contributed by atoms with E-state index in [2.05, 4.69) is 15.2 Å². The fourth-order valence-corrected chi connectivity index (χ4v) is 2.08. The minimum atomic E-state index is 0.261. The molecule has 0 amide bonds. The first-order valence-corrected chi connectivity index (χ1v) is 5.84. The fourth-order valence-electron chi connectivity index (χ4n) is 2.08. The molecular formula is C13H13N5O.